The number of rotatable bonds is 5. The van der Waals surface area contributed by atoms with Crippen LogP contribution >= 0.6 is 0 Å². The Balaban J connectivity index is 1.19. The van der Waals surface area contributed by atoms with Gasteiger partial charge in [0, 0.05) is 80.6 Å². The summed E-state index contributed by atoms with van der Waals surface area (Å²) in [4.78, 5) is 24.2. The maximum Gasteiger partial charge on any atom is 0.228 e. The molecule has 4 aromatic rings. The van der Waals surface area contributed by atoms with Crippen molar-refractivity contribution in [2.75, 3.05) is 78.6 Å². The number of aromatic nitrogens is 3. The number of piperazine rings is 1. The number of pyridine rings is 1. The molecule has 0 bridgehead atoms. The Hall–Kier alpha value is -4.37. The number of benzene rings is 2. The summed E-state index contributed by atoms with van der Waals surface area (Å²) in [6, 6.07) is 22.2. The molecule has 0 aliphatic carbocycles. The molecule has 2 saturated heterocycles. The third-order valence-electron chi connectivity index (χ3n) is 7.99. The van der Waals surface area contributed by atoms with Crippen LogP contribution in [0.5, 0.6) is 5.75 Å². The molecular weight excluding hydrogens is 502 g/mol. The monoisotopic (exact) mass is 535 g/mol. The maximum absolute atomic E-state index is 10.2. The molecule has 1 N–H and O–H groups in total. The maximum atomic E-state index is 10.2. The molecule has 9 heteroatoms. The molecule has 40 heavy (non-hydrogen) atoms. The van der Waals surface area contributed by atoms with E-state index in [1.165, 1.54) is 5.69 Å². The number of phenols is 1. The molecule has 9 nitrogen and oxygen atoms in total. The Morgan fingerprint density at radius 3 is 2.30 bits per heavy atom. The van der Waals surface area contributed by atoms with E-state index in [9.17, 15) is 5.11 Å². The summed E-state index contributed by atoms with van der Waals surface area (Å²) in [5.41, 5.74) is 5.26. The van der Waals surface area contributed by atoms with Crippen molar-refractivity contribution < 1.29 is 9.84 Å². The normalized spacial score (nSPS) is 17.3. The van der Waals surface area contributed by atoms with Gasteiger partial charge in [-0.15, -0.1) is 0 Å². The number of ether oxygens (including phenoxy) is 1. The highest BCUT2D eigenvalue weighted by molar-refractivity contribution is 5.78. The molecule has 2 aromatic carbocycles. The van der Waals surface area contributed by atoms with Crippen molar-refractivity contribution in [3.63, 3.8) is 0 Å². The molecule has 7 rings (SSSR count). The lowest BCUT2D eigenvalue weighted by molar-refractivity contribution is 0.122. The van der Waals surface area contributed by atoms with Gasteiger partial charge in [-0.25, -0.2) is 9.97 Å². The van der Waals surface area contributed by atoms with Gasteiger partial charge in [-0.05, 0) is 36.8 Å². The highest BCUT2D eigenvalue weighted by Gasteiger charge is 2.30. The van der Waals surface area contributed by atoms with Crippen molar-refractivity contribution in [3.8, 4) is 17.0 Å². The standard InChI is InChI=1S/C31H33N7O2/c39-26-8-4-5-23(21-26)29-27-10-12-38(30(27)34-31(33-29)37-17-19-40-20-18-37)25-9-11-32-28(22-25)36-15-13-35(14-16-36)24-6-2-1-3-7-24/h1-9,11,21-22,39H,10,12-20H2. The average Bonchev–Trinajstić information content (AvgIpc) is 3.46. The Kier molecular flexibility index (Phi) is 6.57. The first-order valence-electron chi connectivity index (χ1n) is 14.0. The van der Waals surface area contributed by atoms with E-state index in [1.807, 2.05) is 18.3 Å². The predicted octanol–water partition coefficient (Wildman–Crippen LogP) is 4.10. The molecule has 5 heterocycles. The largest absolute Gasteiger partial charge is 0.508 e. The molecule has 0 spiro atoms. The van der Waals surface area contributed by atoms with E-state index in [2.05, 4.69) is 62.1 Å². The summed E-state index contributed by atoms with van der Waals surface area (Å²) >= 11 is 0. The van der Waals surface area contributed by atoms with Gasteiger partial charge in [0.05, 0.1) is 18.9 Å². The zero-order chi connectivity index (χ0) is 26.9. The molecule has 0 saturated carbocycles. The predicted molar refractivity (Wildman–Crippen MR) is 158 cm³/mol. The molecule has 0 amide bonds. The second kappa shape index (κ2) is 10.7. The quantitative estimate of drug-likeness (QED) is 0.406. The summed E-state index contributed by atoms with van der Waals surface area (Å²) in [7, 11) is 0. The number of hydrogen-bond donors (Lipinski definition) is 1. The SMILES string of the molecule is Oc1cccc(-c2nc(N3CCOCC3)nc3c2CCN3c2ccnc(N3CCN(c4ccccc4)CC3)c2)c1. The van der Waals surface area contributed by atoms with Crippen LogP contribution in [0, 0.1) is 0 Å². The first-order valence-corrected chi connectivity index (χ1v) is 14.0. The number of morpholine rings is 1. The fourth-order valence-electron chi connectivity index (χ4n) is 5.87. The molecule has 204 valence electrons. The van der Waals surface area contributed by atoms with Gasteiger partial charge in [-0.1, -0.05) is 30.3 Å². The highest BCUT2D eigenvalue weighted by atomic mass is 16.5. The lowest BCUT2D eigenvalue weighted by Gasteiger charge is -2.37. The summed E-state index contributed by atoms with van der Waals surface area (Å²) in [5, 5.41) is 10.2. The summed E-state index contributed by atoms with van der Waals surface area (Å²) in [6.07, 6.45) is 2.74. The second-order valence-corrected chi connectivity index (χ2v) is 10.4. The second-order valence-electron chi connectivity index (χ2n) is 10.4. The summed E-state index contributed by atoms with van der Waals surface area (Å²) < 4.78 is 5.58. The zero-order valence-electron chi connectivity index (χ0n) is 22.5. The fourth-order valence-corrected chi connectivity index (χ4v) is 5.87. The van der Waals surface area contributed by atoms with Gasteiger partial charge in [-0.2, -0.15) is 4.98 Å². The van der Waals surface area contributed by atoms with Crippen LogP contribution in [-0.4, -0.2) is 79.1 Å². The van der Waals surface area contributed by atoms with Gasteiger partial charge in [0.2, 0.25) is 5.95 Å². The zero-order valence-corrected chi connectivity index (χ0v) is 22.5. The van der Waals surface area contributed by atoms with Gasteiger partial charge in [0.1, 0.15) is 17.4 Å². The molecule has 2 aromatic heterocycles. The first-order chi connectivity index (χ1) is 19.7. The van der Waals surface area contributed by atoms with E-state index in [4.69, 9.17) is 19.7 Å². The minimum Gasteiger partial charge on any atom is -0.508 e. The number of hydrogen-bond acceptors (Lipinski definition) is 9. The minimum atomic E-state index is 0.235. The molecule has 3 aliphatic rings. The van der Waals surface area contributed by atoms with E-state index in [0.717, 1.165) is 86.4 Å². The molecule has 0 unspecified atom stereocenters. The lowest BCUT2D eigenvalue weighted by atomic mass is 10.1. The molecule has 2 fully saturated rings. The van der Waals surface area contributed by atoms with Crippen molar-refractivity contribution in [1.82, 2.24) is 15.0 Å². The van der Waals surface area contributed by atoms with E-state index in [0.29, 0.717) is 19.2 Å². The first kappa shape index (κ1) is 24.7. The average molecular weight is 536 g/mol. The topological polar surface area (TPSA) is 81.1 Å². The molecule has 0 radical (unpaired) electrons. The van der Waals surface area contributed by atoms with Crippen LogP contribution in [0.4, 0.5) is 29.0 Å². The number of nitrogens with zero attached hydrogens (tertiary/aromatic N) is 7. The van der Waals surface area contributed by atoms with E-state index >= 15 is 0 Å². The van der Waals surface area contributed by atoms with E-state index in [-0.39, 0.29) is 5.75 Å². The minimum absolute atomic E-state index is 0.235. The van der Waals surface area contributed by atoms with Gasteiger partial charge < -0.3 is 29.4 Å². The van der Waals surface area contributed by atoms with Crippen molar-refractivity contribution in [2.24, 2.45) is 0 Å². The van der Waals surface area contributed by atoms with Crippen LogP contribution in [0.3, 0.4) is 0 Å². The number of fused-ring (bicyclic) bond motifs is 1. The van der Waals surface area contributed by atoms with Gasteiger partial charge in [-0.3, -0.25) is 0 Å². The Labute approximate surface area is 234 Å². The van der Waals surface area contributed by atoms with Crippen LogP contribution in [0.2, 0.25) is 0 Å². The summed E-state index contributed by atoms with van der Waals surface area (Å²) in [5.74, 6) is 2.87. The van der Waals surface area contributed by atoms with Crippen LogP contribution in [0.1, 0.15) is 5.56 Å². The van der Waals surface area contributed by atoms with Crippen molar-refractivity contribution in [3.05, 3.63) is 78.5 Å². The summed E-state index contributed by atoms with van der Waals surface area (Å²) in [6.45, 7) is 7.43. The lowest BCUT2D eigenvalue weighted by Crippen LogP contribution is -2.46. The van der Waals surface area contributed by atoms with Gasteiger partial charge >= 0.3 is 0 Å². The number of para-hydroxylation sites is 1. The van der Waals surface area contributed by atoms with E-state index in [1.54, 1.807) is 12.1 Å². The Bertz CT molecular complexity index is 1480. The number of aromatic hydroxyl groups is 1. The number of anilines is 5. The Morgan fingerprint density at radius 2 is 1.50 bits per heavy atom. The fraction of sp³-hybridized carbons (Fsp3) is 0.323. The highest BCUT2D eigenvalue weighted by Crippen LogP contribution is 2.40. The third kappa shape index (κ3) is 4.77. The third-order valence-corrected chi connectivity index (χ3v) is 7.99. The smallest absolute Gasteiger partial charge is 0.228 e. The van der Waals surface area contributed by atoms with E-state index < -0.39 is 0 Å². The molecule has 0 atom stereocenters. The van der Waals surface area contributed by atoms with Gasteiger partial charge in [0.15, 0.2) is 0 Å². The Morgan fingerprint density at radius 1 is 0.700 bits per heavy atom. The van der Waals surface area contributed by atoms with Crippen molar-refractivity contribution in [1.29, 1.82) is 0 Å². The molecule has 3 aliphatic heterocycles. The van der Waals surface area contributed by atoms with Crippen LogP contribution < -0.4 is 19.6 Å². The van der Waals surface area contributed by atoms with Crippen molar-refractivity contribution in [2.45, 2.75) is 6.42 Å². The van der Waals surface area contributed by atoms with Crippen LogP contribution in [0.25, 0.3) is 11.3 Å². The van der Waals surface area contributed by atoms with Crippen molar-refractivity contribution >= 4 is 29.0 Å². The van der Waals surface area contributed by atoms with Gasteiger partial charge in [0.25, 0.3) is 0 Å². The molecular formula is C31H33N7O2. The van der Waals surface area contributed by atoms with Crippen LogP contribution in [0.15, 0.2) is 72.9 Å². The number of phenolic OH excluding ortho intramolecular Hbond substituents is 1. The van der Waals surface area contributed by atoms with Crippen LogP contribution in [-0.2, 0) is 11.2 Å².